The van der Waals surface area contributed by atoms with Crippen molar-refractivity contribution >= 4 is 19.7 Å². The van der Waals surface area contributed by atoms with Gasteiger partial charge in [0.25, 0.3) is 0 Å². The molecule has 0 bridgehead atoms. The first-order chi connectivity index (χ1) is 4.39. The zero-order valence-electron chi connectivity index (χ0n) is 6.17. The molecule has 0 radical (unpaired) electrons. The van der Waals surface area contributed by atoms with Crippen molar-refractivity contribution in [1.29, 1.82) is 0 Å². The molecule has 5 heteroatoms. The van der Waals surface area contributed by atoms with Crippen molar-refractivity contribution in [3.05, 3.63) is 0 Å². The van der Waals surface area contributed by atoms with Gasteiger partial charge in [0.15, 0.2) is 0 Å². The van der Waals surface area contributed by atoms with Gasteiger partial charge in [0.05, 0.1) is 11.4 Å². The summed E-state index contributed by atoms with van der Waals surface area (Å²) in [6.45, 7) is 3.17. The van der Waals surface area contributed by atoms with Crippen LogP contribution in [0, 0.1) is 0 Å². The Bertz CT molecular complexity index is 187. The molecular weight excluding hydrogens is 176 g/mol. The fraction of sp³-hybridized carbons (Fsp3) is 1.00. The summed E-state index contributed by atoms with van der Waals surface area (Å²) in [5.74, 6) is 0. The number of hydrogen-bond donors (Lipinski definition) is 0. The highest BCUT2D eigenvalue weighted by Gasteiger charge is 2.23. The lowest BCUT2D eigenvalue weighted by Crippen LogP contribution is -2.27. The average Bonchev–Trinajstić information content (AvgIpc) is 1.83. The minimum absolute atomic E-state index is 0.359. The molecule has 0 saturated carbocycles. The van der Waals surface area contributed by atoms with E-state index in [2.05, 4.69) is 0 Å². The van der Waals surface area contributed by atoms with Gasteiger partial charge in [-0.25, -0.2) is 8.42 Å². The predicted octanol–water partition coefficient (Wildman–Crippen LogP) is 0.978. The minimum Gasteiger partial charge on any atom is -0.380 e. The summed E-state index contributed by atoms with van der Waals surface area (Å²) >= 11 is 0. The first-order valence-electron chi connectivity index (χ1n) is 2.86. The third kappa shape index (κ3) is 2.86. The predicted molar refractivity (Wildman–Crippen MR) is 40.7 cm³/mol. The molecule has 2 atom stereocenters. The quantitative estimate of drug-likeness (QED) is 0.618. The van der Waals surface area contributed by atoms with Crippen LogP contribution in [0.1, 0.15) is 13.8 Å². The van der Waals surface area contributed by atoms with Crippen LogP contribution in [0.4, 0.5) is 0 Å². The smallest absolute Gasteiger partial charge is 0.237 e. The maximum atomic E-state index is 10.6. The maximum absolute atomic E-state index is 10.6. The average molecular weight is 187 g/mol. The molecular formula is C5H11ClO3S. The molecule has 0 aromatic rings. The second-order valence-corrected chi connectivity index (χ2v) is 5.11. The molecule has 0 spiro atoms. The van der Waals surface area contributed by atoms with E-state index in [1.807, 2.05) is 0 Å². The Morgan fingerprint density at radius 2 is 1.80 bits per heavy atom. The summed E-state index contributed by atoms with van der Waals surface area (Å²) in [5.41, 5.74) is 0. The van der Waals surface area contributed by atoms with Crippen molar-refractivity contribution < 1.29 is 13.2 Å². The molecule has 10 heavy (non-hydrogen) atoms. The van der Waals surface area contributed by atoms with Gasteiger partial charge in [0.2, 0.25) is 9.05 Å². The van der Waals surface area contributed by atoms with Crippen molar-refractivity contribution in [2.75, 3.05) is 7.11 Å². The molecule has 0 aromatic heterocycles. The first-order valence-corrected chi connectivity index (χ1v) is 5.23. The highest BCUT2D eigenvalue weighted by atomic mass is 35.7. The van der Waals surface area contributed by atoms with E-state index in [4.69, 9.17) is 15.4 Å². The van der Waals surface area contributed by atoms with E-state index in [0.717, 1.165) is 0 Å². The number of halogens is 1. The molecule has 0 rings (SSSR count). The Kier molecular flexibility index (Phi) is 3.62. The van der Waals surface area contributed by atoms with Crippen LogP contribution in [0.25, 0.3) is 0 Å². The highest BCUT2D eigenvalue weighted by Crippen LogP contribution is 2.12. The lowest BCUT2D eigenvalue weighted by atomic mass is 10.3. The maximum Gasteiger partial charge on any atom is 0.237 e. The molecule has 0 saturated heterocycles. The number of ether oxygens (including phenoxy) is 1. The summed E-state index contributed by atoms with van der Waals surface area (Å²) in [6, 6.07) is 0. The SMILES string of the molecule is COC(C)C(C)S(=O)(=O)Cl. The van der Waals surface area contributed by atoms with Crippen molar-refractivity contribution in [2.24, 2.45) is 0 Å². The molecule has 0 aromatic carbocycles. The Balaban J connectivity index is 4.23. The molecule has 0 aliphatic heterocycles. The summed E-state index contributed by atoms with van der Waals surface area (Å²) in [5, 5.41) is -0.654. The van der Waals surface area contributed by atoms with Crippen LogP contribution >= 0.6 is 10.7 Å². The molecule has 0 heterocycles. The van der Waals surface area contributed by atoms with Crippen LogP contribution in [-0.4, -0.2) is 26.9 Å². The summed E-state index contributed by atoms with van der Waals surface area (Å²) in [4.78, 5) is 0. The van der Waals surface area contributed by atoms with Gasteiger partial charge in [-0.3, -0.25) is 0 Å². The van der Waals surface area contributed by atoms with Crippen LogP contribution in [0.3, 0.4) is 0 Å². The number of methoxy groups -OCH3 is 1. The zero-order chi connectivity index (χ0) is 8.36. The van der Waals surface area contributed by atoms with E-state index in [-0.39, 0.29) is 6.10 Å². The molecule has 0 aliphatic carbocycles. The summed E-state index contributed by atoms with van der Waals surface area (Å²) in [7, 11) is 3.03. The molecule has 2 unspecified atom stereocenters. The van der Waals surface area contributed by atoms with E-state index in [1.54, 1.807) is 6.92 Å². The van der Waals surface area contributed by atoms with E-state index in [1.165, 1.54) is 14.0 Å². The standard InChI is InChI=1S/C5H11ClO3S/c1-4(9-3)5(2)10(6,7)8/h4-5H,1-3H3. The van der Waals surface area contributed by atoms with Crippen LogP contribution in [0.15, 0.2) is 0 Å². The fourth-order valence-electron chi connectivity index (χ4n) is 0.421. The zero-order valence-corrected chi connectivity index (χ0v) is 7.74. The van der Waals surface area contributed by atoms with Gasteiger partial charge in [0.1, 0.15) is 0 Å². The molecule has 3 nitrogen and oxygen atoms in total. The van der Waals surface area contributed by atoms with Gasteiger partial charge < -0.3 is 4.74 Å². The first kappa shape index (κ1) is 10.2. The highest BCUT2D eigenvalue weighted by molar-refractivity contribution is 8.14. The van der Waals surface area contributed by atoms with Gasteiger partial charge in [-0.05, 0) is 13.8 Å². The van der Waals surface area contributed by atoms with Crippen LogP contribution in [-0.2, 0) is 13.8 Å². The minimum atomic E-state index is -3.47. The van der Waals surface area contributed by atoms with Gasteiger partial charge in [-0.1, -0.05) is 0 Å². The lowest BCUT2D eigenvalue weighted by molar-refractivity contribution is 0.118. The number of rotatable bonds is 3. The largest absolute Gasteiger partial charge is 0.380 e. The van der Waals surface area contributed by atoms with Crippen LogP contribution in [0.2, 0.25) is 0 Å². The van der Waals surface area contributed by atoms with E-state index in [9.17, 15) is 8.42 Å². The normalized spacial score (nSPS) is 18.4. The van der Waals surface area contributed by atoms with Gasteiger partial charge >= 0.3 is 0 Å². The van der Waals surface area contributed by atoms with Crippen LogP contribution in [0.5, 0.6) is 0 Å². The Labute approximate surface area is 65.7 Å². The van der Waals surface area contributed by atoms with Crippen molar-refractivity contribution in [1.82, 2.24) is 0 Å². The lowest BCUT2D eigenvalue weighted by Gasteiger charge is -2.14. The van der Waals surface area contributed by atoms with Gasteiger partial charge in [-0.2, -0.15) is 0 Å². The second kappa shape index (κ2) is 3.55. The van der Waals surface area contributed by atoms with E-state index >= 15 is 0 Å². The molecule has 62 valence electrons. The molecule has 0 fully saturated rings. The van der Waals surface area contributed by atoms with Gasteiger partial charge in [0, 0.05) is 17.8 Å². The monoisotopic (exact) mass is 186 g/mol. The van der Waals surface area contributed by atoms with Crippen molar-refractivity contribution in [3.63, 3.8) is 0 Å². The van der Waals surface area contributed by atoms with Gasteiger partial charge in [-0.15, -0.1) is 0 Å². The van der Waals surface area contributed by atoms with E-state index in [0.29, 0.717) is 0 Å². The topological polar surface area (TPSA) is 43.4 Å². The number of hydrogen-bond acceptors (Lipinski definition) is 3. The summed E-state index contributed by atoms with van der Waals surface area (Å²) in [6.07, 6.45) is -0.359. The third-order valence-corrected chi connectivity index (χ3v) is 3.59. The molecule has 0 N–H and O–H groups in total. The molecule has 0 aliphatic rings. The molecule has 0 amide bonds. The van der Waals surface area contributed by atoms with E-state index < -0.39 is 14.3 Å². The van der Waals surface area contributed by atoms with Crippen molar-refractivity contribution in [2.45, 2.75) is 25.2 Å². The third-order valence-electron chi connectivity index (χ3n) is 1.48. The Morgan fingerprint density at radius 1 is 1.40 bits per heavy atom. The summed E-state index contributed by atoms with van der Waals surface area (Å²) < 4.78 is 26.0. The Morgan fingerprint density at radius 3 is 1.90 bits per heavy atom. The fourth-order valence-corrected chi connectivity index (χ4v) is 1.42. The second-order valence-electron chi connectivity index (χ2n) is 2.12. The van der Waals surface area contributed by atoms with Crippen LogP contribution < -0.4 is 0 Å². The Hall–Kier alpha value is 0.200. The van der Waals surface area contributed by atoms with Crippen molar-refractivity contribution in [3.8, 4) is 0 Å².